The molecule has 0 bridgehead atoms. The summed E-state index contributed by atoms with van der Waals surface area (Å²) in [7, 11) is 0. The lowest BCUT2D eigenvalue weighted by Gasteiger charge is -2.24. The number of hydrogen-bond acceptors (Lipinski definition) is 9. The van der Waals surface area contributed by atoms with Gasteiger partial charge in [0.2, 0.25) is 5.91 Å². The zero-order valence-electron chi connectivity index (χ0n) is 18.1. The highest BCUT2D eigenvalue weighted by Crippen LogP contribution is 2.19. The molecule has 32 heavy (non-hydrogen) atoms. The van der Waals surface area contributed by atoms with E-state index in [0.717, 1.165) is 22.7 Å². The lowest BCUT2D eigenvalue weighted by Crippen LogP contribution is -2.43. The van der Waals surface area contributed by atoms with Crippen LogP contribution in [-0.2, 0) is 20.9 Å². The fourth-order valence-electron chi connectivity index (χ4n) is 2.82. The van der Waals surface area contributed by atoms with E-state index in [1.54, 1.807) is 0 Å². The second-order valence-corrected chi connectivity index (χ2v) is 7.70. The van der Waals surface area contributed by atoms with E-state index in [0.29, 0.717) is 12.8 Å². The van der Waals surface area contributed by atoms with Crippen LogP contribution in [0, 0.1) is 0 Å². The Bertz CT molecular complexity index is 1100. The number of carbonyl (C=O) groups excluding carboxylic acids is 3. The van der Waals surface area contributed by atoms with Crippen LogP contribution in [0.2, 0.25) is 0 Å². The highest BCUT2D eigenvalue weighted by Gasteiger charge is 2.25. The standard InChI is InChI=1S/C19H26N6O6S/c1-4-6-8-24(14-15(20)25(7-5-2)19(30)23-16(14)28)13(27)9-31-17(29)12-10-32-18(22-12)21-11(3)26/h10H,4-9,20H2,1-3H3,(H,21,22,26)(H,23,28,30). The van der Waals surface area contributed by atoms with E-state index in [1.807, 2.05) is 13.8 Å². The van der Waals surface area contributed by atoms with Gasteiger partial charge in [0, 0.05) is 25.4 Å². The highest BCUT2D eigenvalue weighted by atomic mass is 32.1. The Hall–Kier alpha value is -3.48. The van der Waals surface area contributed by atoms with Gasteiger partial charge in [-0.05, 0) is 12.8 Å². The number of carbonyl (C=O) groups is 3. The summed E-state index contributed by atoms with van der Waals surface area (Å²) in [6.45, 7) is 4.80. The summed E-state index contributed by atoms with van der Waals surface area (Å²) in [6, 6.07) is 0. The summed E-state index contributed by atoms with van der Waals surface area (Å²) in [5.74, 6) is -2.01. The number of aromatic amines is 1. The van der Waals surface area contributed by atoms with Crippen LogP contribution in [0.4, 0.5) is 16.6 Å². The molecule has 0 saturated heterocycles. The molecule has 0 unspecified atom stereocenters. The number of thiazole rings is 1. The molecule has 0 spiro atoms. The Balaban J connectivity index is 2.24. The van der Waals surface area contributed by atoms with E-state index in [-0.39, 0.29) is 41.3 Å². The van der Waals surface area contributed by atoms with Gasteiger partial charge in [0.05, 0.1) is 0 Å². The van der Waals surface area contributed by atoms with Gasteiger partial charge < -0.3 is 20.7 Å². The van der Waals surface area contributed by atoms with Crippen molar-refractivity contribution in [2.24, 2.45) is 0 Å². The third kappa shape index (κ3) is 6.03. The Labute approximate surface area is 187 Å². The number of anilines is 3. The first-order valence-electron chi connectivity index (χ1n) is 10.0. The van der Waals surface area contributed by atoms with E-state index in [2.05, 4.69) is 15.3 Å². The predicted octanol–water partition coefficient (Wildman–Crippen LogP) is 0.934. The van der Waals surface area contributed by atoms with Gasteiger partial charge in [0.1, 0.15) is 5.82 Å². The van der Waals surface area contributed by atoms with Gasteiger partial charge in [-0.15, -0.1) is 11.3 Å². The minimum atomic E-state index is -0.862. The lowest BCUT2D eigenvalue weighted by molar-refractivity contribution is -0.121. The van der Waals surface area contributed by atoms with E-state index < -0.39 is 29.7 Å². The maximum atomic E-state index is 12.9. The largest absolute Gasteiger partial charge is 0.451 e. The van der Waals surface area contributed by atoms with E-state index >= 15 is 0 Å². The van der Waals surface area contributed by atoms with Gasteiger partial charge in [-0.2, -0.15) is 0 Å². The number of nitrogens with one attached hydrogen (secondary N) is 2. The average Bonchev–Trinajstić information content (AvgIpc) is 3.19. The van der Waals surface area contributed by atoms with Crippen molar-refractivity contribution in [2.75, 3.05) is 29.1 Å². The molecule has 0 atom stereocenters. The van der Waals surface area contributed by atoms with Crippen molar-refractivity contribution >= 4 is 45.8 Å². The first-order valence-corrected chi connectivity index (χ1v) is 10.9. The Morgan fingerprint density at radius 2 is 2.00 bits per heavy atom. The smallest absolute Gasteiger partial charge is 0.358 e. The molecule has 0 aromatic carbocycles. The van der Waals surface area contributed by atoms with Crippen molar-refractivity contribution in [3.63, 3.8) is 0 Å². The van der Waals surface area contributed by atoms with E-state index in [9.17, 15) is 24.0 Å². The van der Waals surface area contributed by atoms with Crippen LogP contribution in [0.25, 0.3) is 0 Å². The summed E-state index contributed by atoms with van der Waals surface area (Å²) in [5.41, 5.74) is 4.38. The molecule has 2 aromatic rings. The number of ether oxygens (including phenoxy) is 1. The van der Waals surface area contributed by atoms with E-state index in [4.69, 9.17) is 10.5 Å². The molecular weight excluding hydrogens is 440 g/mol. The Kier molecular flexibility index (Phi) is 8.70. The number of aromatic nitrogens is 3. The number of nitrogens with zero attached hydrogens (tertiary/aromatic N) is 3. The number of nitrogen functional groups attached to an aromatic ring is 1. The first kappa shape index (κ1) is 24.8. The fourth-order valence-corrected chi connectivity index (χ4v) is 3.54. The van der Waals surface area contributed by atoms with Crippen LogP contribution in [0.1, 0.15) is 50.5 Å². The Morgan fingerprint density at radius 1 is 1.28 bits per heavy atom. The van der Waals surface area contributed by atoms with Gasteiger partial charge in [-0.1, -0.05) is 20.3 Å². The van der Waals surface area contributed by atoms with Crippen LogP contribution >= 0.6 is 11.3 Å². The van der Waals surface area contributed by atoms with Crippen molar-refractivity contribution in [1.82, 2.24) is 14.5 Å². The van der Waals surface area contributed by atoms with Crippen molar-refractivity contribution in [2.45, 2.75) is 46.6 Å². The van der Waals surface area contributed by atoms with Gasteiger partial charge in [0.25, 0.3) is 11.5 Å². The molecule has 2 amide bonds. The molecule has 12 nitrogen and oxygen atoms in total. The second-order valence-electron chi connectivity index (χ2n) is 6.84. The summed E-state index contributed by atoms with van der Waals surface area (Å²) in [6.07, 6.45) is 1.86. The molecule has 0 aliphatic heterocycles. The molecule has 0 aliphatic rings. The molecule has 2 heterocycles. The normalized spacial score (nSPS) is 10.6. The van der Waals surface area contributed by atoms with Crippen molar-refractivity contribution < 1.29 is 19.1 Å². The van der Waals surface area contributed by atoms with Gasteiger partial charge >= 0.3 is 11.7 Å². The zero-order chi connectivity index (χ0) is 23.8. The SMILES string of the molecule is CCCCN(C(=O)COC(=O)c1csc(NC(C)=O)n1)c1c(N)n(CCC)c(=O)[nH]c1=O. The topological polar surface area (TPSA) is 169 Å². The third-order valence-electron chi connectivity index (χ3n) is 4.29. The van der Waals surface area contributed by atoms with Gasteiger partial charge in [0.15, 0.2) is 23.1 Å². The quantitative estimate of drug-likeness (QED) is 0.434. The number of unbranched alkanes of at least 4 members (excludes halogenated alkanes) is 1. The minimum absolute atomic E-state index is 0.0690. The Morgan fingerprint density at radius 3 is 2.62 bits per heavy atom. The predicted molar refractivity (Wildman–Crippen MR) is 120 cm³/mol. The summed E-state index contributed by atoms with van der Waals surface area (Å²) >= 11 is 1.03. The molecule has 174 valence electrons. The molecule has 2 aromatic heterocycles. The number of esters is 1. The fraction of sp³-hybridized carbons (Fsp3) is 0.474. The van der Waals surface area contributed by atoms with Crippen molar-refractivity contribution in [1.29, 1.82) is 0 Å². The van der Waals surface area contributed by atoms with E-state index in [1.165, 1.54) is 16.9 Å². The van der Waals surface area contributed by atoms with Gasteiger partial charge in [-0.3, -0.25) is 23.9 Å². The third-order valence-corrected chi connectivity index (χ3v) is 5.05. The van der Waals surface area contributed by atoms with Gasteiger partial charge in [-0.25, -0.2) is 14.6 Å². The molecule has 0 saturated carbocycles. The molecule has 4 N–H and O–H groups in total. The van der Waals surface area contributed by atoms with Crippen molar-refractivity contribution in [3.8, 4) is 0 Å². The second kappa shape index (κ2) is 11.2. The van der Waals surface area contributed by atoms with Crippen LogP contribution < -0.4 is 27.2 Å². The van der Waals surface area contributed by atoms with Crippen LogP contribution in [0.3, 0.4) is 0 Å². The monoisotopic (exact) mass is 466 g/mol. The molecule has 0 fully saturated rings. The molecule has 0 radical (unpaired) electrons. The number of hydrogen-bond donors (Lipinski definition) is 3. The average molecular weight is 467 g/mol. The number of H-pyrrole nitrogens is 1. The van der Waals surface area contributed by atoms with Crippen LogP contribution in [-0.4, -0.2) is 45.5 Å². The summed E-state index contributed by atoms with van der Waals surface area (Å²) in [4.78, 5) is 68.0. The summed E-state index contributed by atoms with van der Waals surface area (Å²) in [5, 5.41) is 4.05. The minimum Gasteiger partial charge on any atom is -0.451 e. The maximum Gasteiger partial charge on any atom is 0.358 e. The van der Waals surface area contributed by atoms with Crippen molar-refractivity contribution in [3.05, 3.63) is 31.9 Å². The maximum absolute atomic E-state index is 12.9. The lowest BCUT2D eigenvalue weighted by atomic mass is 10.2. The van der Waals surface area contributed by atoms with Crippen LogP contribution in [0.5, 0.6) is 0 Å². The summed E-state index contributed by atoms with van der Waals surface area (Å²) < 4.78 is 6.24. The molecule has 0 aliphatic carbocycles. The molecule has 13 heteroatoms. The highest BCUT2D eigenvalue weighted by molar-refractivity contribution is 7.14. The molecular formula is C19H26N6O6S. The number of amides is 2. The number of nitrogens with two attached hydrogens (primary N) is 1. The van der Waals surface area contributed by atoms with Crippen LogP contribution in [0.15, 0.2) is 15.0 Å². The number of rotatable bonds is 10. The zero-order valence-corrected chi connectivity index (χ0v) is 18.9. The first-order chi connectivity index (χ1) is 15.2. The molecule has 2 rings (SSSR count).